The van der Waals surface area contributed by atoms with Gasteiger partial charge < -0.3 is 4.74 Å². The highest BCUT2D eigenvalue weighted by molar-refractivity contribution is 5.93. The summed E-state index contributed by atoms with van der Waals surface area (Å²) in [4.78, 5) is 31.0. The Morgan fingerprint density at radius 1 is 1.24 bits per heavy atom. The molecule has 108 valence electrons. The maximum atomic E-state index is 11.7. The van der Waals surface area contributed by atoms with Crippen LogP contribution in [-0.2, 0) is 11.2 Å². The van der Waals surface area contributed by atoms with Crippen LogP contribution >= 0.6 is 0 Å². The average molecular weight is 286 g/mol. The Morgan fingerprint density at radius 3 is 2.81 bits per heavy atom. The second-order valence-corrected chi connectivity index (χ2v) is 4.12. The van der Waals surface area contributed by atoms with E-state index in [1.807, 2.05) is 0 Å². The molecule has 0 aliphatic heterocycles. The van der Waals surface area contributed by atoms with Crippen LogP contribution in [0.3, 0.4) is 0 Å². The number of ether oxygens (including phenoxy) is 1. The van der Waals surface area contributed by atoms with Gasteiger partial charge in [-0.05, 0) is 17.7 Å². The normalized spacial score (nSPS) is 9.76. The zero-order valence-electron chi connectivity index (χ0n) is 11.4. The number of hydrogen-bond acceptors (Lipinski definition) is 5. The Kier molecular flexibility index (Phi) is 4.81. The molecular weight excluding hydrogens is 272 g/mol. The molecule has 1 aromatic heterocycles. The maximum absolute atomic E-state index is 11.7. The number of benzene rings is 1. The molecule has 0 bridgehead atoms. The SMILES string of the molecule is COc1cccc(CC(=O)NNC(=O)c2cnccn2)c1. The lowest BCUT2D eigenvalue weighted by molar-refractivity contribution is -0.121. The molecule has 2 amide bonds. The zero-order chi connectivity index (χ0) is 15.1. The van der Waals surface area contributed by atoms with Crippen LogP contribution in [0.25, 0.3) is 0 Å². The van der Waals surface area contributed by atoms with Crippen molar-refractivity contribution in [1.29, 1.82) is 0 Å². The van der Waals surface area contributed by atoms with Gasteiger partial charge in [-0.15, -0.1) is 0 Å². The molecule has 1 aromatic carbocycles. The third-order valence-electron chi connectivity index (χ3n) is 2.61. The number of nitrogens with one attached hydrogen (secondary N) is 2. The predicted octanol–water partition coefficient (Wildman–Crippen LogP) is 0.489. The second-order valence-electron chi connectivity index (χ2n) is 4.12. The van der Waals surface area contributed by atoms with Crippen LogP contribution in [0.5, 0.6) is 5.75 Å². The predicted molar refractivity (Wildman–Crippen MR) is 74.3 cm³/mol. The Morgan fingerprint density at radius 2 is 2.10 bits per heavy atom. The highest BCUT2D eigenvalue weighted by Crippen LogP contribution is 2.12. The Labute approximate surface area is 121 Å². The van der Waals surface area contributed by atoms with Gasteiger partial charge in [0, 0.05) is 12.4 Å². The number of methoxy groups -OCH3 is 1. The first kappa shape index (κ1) is 14.4. The fraction of sp³-hybridized carbons (Fsp3) is 0.143. The van der Waals surface area contributed by atoms with Crippen LogP contribution in [0.1, 0.15) is 16.1 Å². The molecule has 0 spiro atoms. The van der Waals surface area contributed by atoms with Crippen molar-refractivity contribution in [3.63, 3.8) is 0 Å². The van der Waals surface area contributed by atoms with Gasteiger partial charge in [-0.25, -0.2) is 4.98 Å². The number of rotatable bonds is 4. The van der Waals surface area contributed by atoms with E-state index in [2.05, 4.69) is 20.8 Å². The molecule has 2 N–H and O–H groups in total. The van der Waals surface area contributed by atoms with Gasteiger partial charge in [-0.1, -0.05) is 12.1 Å². The Hall–Kier alpha value is -2.96. The molecule has 7 nitrogen and oxygen atoms in total. The highest BCUT2D eigenvalue weighted by Gasteiger charge is 2.09. The number of carbonyl (C=O) groups is 2. The van der Waals surface area contributed by atoms with E-state index < -0.39 is 5.91 Å². The lowest BCUT2D eigenvalue weighted by atomic mass is 10.1. The van der Waals surface area contributed by atoms with E-state index >= 15 is 0 Å². The quantitative estimate of drug-likeness (QED) is 0.798. The largest absolute Gasteiger partial charge is 0.497 e. The van der Waals surface area contributed by atoms with Gasteiger partial charge in [0.1, 0.15) is 11.4 Å². The molecule has 0 aliphatic rings. The van der Waals surface area contributed by atoms with Crippen LogP contribution in [0, 0.1) is 0 Å². The van der Waals surface area contributed by atoms with E-state index in [0.717, 1.165) is 5.56 Å². The summed E-state index contributed by atoms with van der Waals surface area (Å²) < 4.78 is 5.08. The van der Waals surface area contributed by atoms with Crippen molar-refractivity contribution < 1.29 is 14.3 Å². The van der Waals surface area contributed by atoms with Crippen molar-refractivity contribution in [2.45, 2.75) is 6.42 Å². The molecule has 0 saturated carbocycles. The fourth-order valence-corrected chi connectivity index (χ4v) is 1.62. The Bertz CT molecular complexity index is 631. The first-order valence-electron chi connectivity index (χ1n) is 6.17. The number of aromatic nitrogens is 2. The number of hydrazine groups is 1. The van der Waals surface area contributed by atoms with Gasteiger partial charge >= 0.3 is 0 Å². The van der Waals surface area contributed by atoms with Gasteiger partial charge in [-0.3, -0.25) is 25.4 Å². The van der Waals surface area contributed by atoms with Crippen molar-refractivity contribution in [1.82, 2.24) is 20.8 Å². The van der Waals surface area contributed by atoms with Crippen molar-refractivity contribution in [2.75, 3.05) is 7.11 Å². The molecular formula is C14H14N4O3. The minimum Gasteiger partial charge on any atom is -0.497 e. The highest BCUT2D eigenvalue weighted by atomic mass is 16.5. The smallest absolute Gasteiger partial charge is 0.289 e. The first-order valence-corrected chi connectivity index (χ1v) is 6.17. The molecule has 1 heterocycles. The van der Waals surface area contributed by atoms with Crippen molar-refractivity contribution in [3.8, 4) is 5.75 Å². The summed E-state index contributed by atoms with van der Waals surface area (Å²) in [6.45, 7) is 0. The van der Waals surface area contributed by atoms with E-state index in [1.54, 1.807) is 31.4 Å². The molecule has 0 atom stereocenters. The summed E-state index contributed by atoms with van der Waals surface area (Å²) in [6, 6.07) is 7.13. The summed E-state index contributed by atoms with van der Waals surface area (Å²) in [6.07, 6.45) is 4.28. The topological polar surface area (TPSA) is 93.2 Å². The third kappa shape index (κ3) is 4.27. The summed E-state index contributed by atoms with van der Waals surface area (Å²) in [7, 11) is 1.56. The molecule has 21 heavy (non-hydrogen) atoms. The Balaban J connectivity index is 1.86. The van der Waals surface area contributed by atoms with E-state index in [-0.39, 0.29) is 18.0 Å². The summed E-state index contributed by atoms with van der Waals surface area (Å²) in [5, 5.41) is 0. The molecule has 0 fully saturated rings. The standard InChI is InChI=1S/C14H14N4O3/c1-21-11-4-2-3-10(7-11)8-13(19)17-18-14(20)12-9-15-5-6-16-12/h2-7,9H,8H2,1H3,(H,17,19)(H,18,20). The van der Waals surface area contributed by atoms with Gasteiger partial charge in [0.05, 0.1) is 19.7 Å². The van der Waals surface area contributed by atoms with Crippen LogP contribution in [-0.4, -0.2) is 28.9 Å². The fourth-order valence-electron chi connectivity index (χ4n) is 1.62. The summed E-state index contributed by atoms with van der Waals surface area (Å²) in [5.74, 6) is -0.202. The molecule has 2 aromatic rings. The number of nitrogens with zero attached hydrogens (tertiary/aromatic N) is 2. The van der Waals surface area contributed by atoms with Crippen LogP contribution in [0.15, 0.2) is 42.9 Å². The molecule has 0 radical (unpaired) electrons. The van der Waals surface area contributed by atoms with E-state index in [4.69, 9.17) is 4.74 Å². The summed E-state index contributed by atoms with van der Waals surface area (Å²) >= 11 is 0. The van der Waals surface area contributed by atoms with Crippen LogP contribution in [0.2, 0.25) is 0 Å². The average Bonchev–Trinajstić information content (AvgIpc) is 2.53. The molecule has 0 unspecified atom stereocenters. The number of hydrogen-bond donors (Lipinski definition) is 2. The van der Waals surface area contributed by atoms with Gasteiger partial charge in [-0.2, -0.15) is 0 Å². The van der Waals surface area contributed by atoms with Gasteiger partial charge in [0.2, 0.25) is 5.91 Å². The minimum absolute atomic E-state index is 0.123. The van der Waals surface area contributed by atoms with Crippen LogP contribution in [0.4, 0.5) is 0 Å². The monoisotopic (exact) mass is 286 g/mol. The van der Waals surface area contributed by atoms with E-state index in [1.165, 1.54) is 18.6 Å². The van der Waals surface area contributed by atoms with Crippen molar-refractivity contribution >= 4 is 11.8 Å². The van der Waals surface area contributed by atoms with Gasteiger partial charge in [0.25, 0.3) is 5.91 Å². The molecule has 2 rings (SSSR count). The lowest BCUT2D eigenvalue weighted by Crippen LogP contribution is -2.42. The maximum Gasteiger partial charge on any atom is 0.289 e. The van der Waals surface area contributed by atoms with Gasteiger partial charge in [0.15, 0.2) is 0 Å². The first-order chi connectivity index (χ1) is 10.2. The van der Waals surface area contributed by atoms with Crippen molar-refractivity contribution in [2.24, 2.45) is 0 Å². The summed E-state index contributed by atoms with van der Waals surface area (Å²) in [5.41, 5.74) is 5.50. The number of amides is 2. The zero-order valence-corrected chi connectivity index (χ0v) is 11.4. The molecule has 0 aliphatic carbocycles. The van der Waals surface area contributed by atoms with E-state index in [0.29, 0.717) is 5.75 Å². The number of carbonyl (C=O) groups excluding carboxylic acids is 2. The van der Waals surface area contributed by atoms with Crippen LogP contribution < -0.4 is 15.6 Å². The second kappa shape index (κ2) is 6.99. The minimum atomic E-state index is -0.526. The van der Waals surface area contributed by atoms with Crippen molar-refractivity contribution in [3.05, 3.63) is 54.1 Å². The lowest BCUT2D eigenvalue weighted by Gasteiger charge is -2.07. The third-order valence-corrected chi connectivity index (χ3v) is 2.61. The molecule has 7 heteroatoms. The van der Waals surface area contributed by atoms with E-state index in [9.17, 15) is 9.59 Å². The molecule has 0 saturated heterocycles.